The van der Waals surface area contributed by atoms with Crippen molar-refractivity contribution in [2.24, 2.45) is 0 Å². The first-order valence-corrected chi connectivity index (χ1v) is 6.93. The van der Waals surface area contributed by atoms with Crippen molar-refractivity contribution >= 4 is 12.4 Å². The molecule has 3 nitrogen and oxygen atoms in total. The molecule has 0 radical (unpaired) electrons. The first-order valence-electron chi connectivity index (χ1n) is 6.93. The molecule has 0 saturated heterocycles. The summed E-state index contributed by atoms with van der Waals surface area (Å²) in [6, 6.07) is 6.03. The Hall–Kier alpha value is -1.19. The Morgan fingerprint density at radius 3 is 2.70 bits per heavy atom. The van der Waals surface area contributed by atoms with Crippen LogP contribution in [-0.4, -0.2) is 20.3 Å². The van der Waals surface area contributed by atoms with Gasteiger partial charge in [-0.1, -0.05) is 38.5 Å². The van der Waals surface area contributed by atoms with Crippen LogP contribution in [0.5, 0.6) is 11.5 Å². The van der Waals surface area contributed by atoms with E-state index in [-0.39, 0.29) is 12.4 Å². The topological polar surface area (TPSA) is 30.5 Å². The Morgan fingerprint density at radius 2 is 2.05 bits per heavy atom. The van der Waals surface area contributed by atoms with Gasteiger partial charge in [0.15, 0.2) is 11.5 Å². The lowest BCUT2D eigenvalue weighted by Gasteiger charge is -2.11. The van der Waals surface area contributed by atoms with Crippen LogP contribution in [0.3, 0.4) is 0 Å². The summed E-state index contributed by atoms with van der Waals surface area (Å²) in [5.74, 6) is 1.53. The zero-order valence-corrected chi connectivity index (χ0v) is 13.3. The number of rotatable bonds is 10. The maximum Gasteiger partial charge on any atom is 0.161 e. The first kappa shape index (κ1) is 18.8. The standard InChI is InChI=1S/C16H25NO2.ClH/c1-4-6-7-10-17-13-14-8-9-15(19-11-5-2)16(12-14)18-3;/h5,8-9,12,17H,2,4,6-7,10-11,13H2,1,3H3;1H. The van der Waals surface area contributed by atoms with Gasteiger partial charge in [0.1, 0.15) is 6.61 Å². The predicted molar refractivity (Wildman–Crippen MR) is 87.2 cm³/mol. The predicted octanol–water partition coefficient (Wildman–Crippen LogP) is 3.96. The summed E-state index contributed by atoms with van der Waals surface area (Å²) < 4.78 is 10.9. The van der Waals surface area contributed by atoms with Gasteiger partial charge in [-0.15, -0.1) is 12.4 Å². The minimum atomic E-state index is 0. The number of hydrogen-bond acceptors (Lipinski definition) is 3. The highest BCUT2D eigenvalue weighted by Crippen LogP contribution is 2.28. The van der Waals surface area contributed by atoms with E-state index in [1.807, 2.05) is 12.1 Å². The monoisotopic (exact) mass is 299 g/mol. The van der Waals surface area contributed by atoms with Gasteiger partial charge in [-0.2, -0.15) is 0 Å². The Bertz CT molecular complexity index is 383. The molecule has 0 amide bonds. The maximum absolute atomic E-state index is 5.53. The van der Waals surface area contributed by atoms with Gasteiger partial charge >= 0.3 is 0 Å². The Kier molecular flexibility index (Phi) is 10.9. The molecule has 0 atom stereocenters. The Labute approximate surface area is 128 Å². The van der Waals surface area contributed by atoms with E-state index in [4.69, 9.17) is 9.47 Å². The number of benzene rings is 1. The van der Waals surface area contributed by atoms with Gasteiger partial charge in [0.2, 0.25) is 0 Å². The molecule has 0 aliphatic rings. The number of methoxy groups -OCH3 is 1. The molecular formula is C16H26ClNO2. The van der Waals surface area contributed by atoms with Crippen LogP contribution in [-0.2, 0) is 6.54 Å². The summed E-state index contributed by atoms with van der Waals surface area (Å²) in [5.41, 5.74) is 1.21. The minimum absolute atomic E-state index is 0. The fourth-order valence-electron chi connectivity index (χ4n) is 1.82. The summed E-state index contributed by atoms with van der Waals surface area (Å²) in [6.45, 7) is 8.27. The van der Waals surface area contributed by atoms with Crippen molar-refractivity contribution in [3.05, 3.63) is 36.4 Å². The van der Waals surface area contributed by atoms with Crippen molar-refractivity contribution in [3.8, 4) is 11.5 Å². The highest BCUT2D eigenvalue weighted by Gasteiger charge is 2.05. The Morgan fingerprint density at radius 1 is 1.25 bits per heavy atom. The zero-order valence-electron chi connectivity index (χ0n) is 12.5. The molecule has 0 spiro atoms. The van der Waals surface area contributed by atoms with Crippen LogP contribution in [0, 0.1) is 0 Å². The van der Waals surface area contributed by atoms with Crippen LogP contribution >= 0.6 is 12.4 Å². The largest absolute Gasteiger partial charge is 0.493 e. The lowest BCUT2D eigenvalue weighted by molar-refractivity contribution is 0.326. The third kappa shape index (κ3) is 6.83. The second kappa shape index (κ2) is 11.6. The van der Waals surface area contributed by atoms with Crippen LogP contribution < -0.4 is 14.8 Å². The van der Waals surface area contributed by atoms with Crippen molar-refractivity contribution in [2.75, 3.05) is 20.3 Å². The van der Waals surface area contributed by atoms with E-state index in [2.05, 4.69) is 24.9 Å². The molecular weight excluding hydrogens is 274 g/mol. The van der Waals surface area contributed by atoms with Gasteiger partial charge in [0.05, 0.1) is 7.11 Å². The number of unbranched alkanes of at least 4 members (excludes halogenated alkanes) is 2. The number of ether oxygens (including phenoxy) is 2. The van der Waals surface area contributed by atoms with E-state index in [0.29, 0.717) is 6.61 Å². The van der Waals surface area contributed by atoms with Gasteiger partial charge < -0.3 is 14.8 Å². The van der Waals surface area contributed by atoms with Gasteiger partial charge in [0, 0.05) is 6.54 Å². The molecule has 0 bridgehead atoms. The maximum atomic E-state index is 5.53. The summed E-state index contributed by atoms with van der Waals surface area (Å²) in [7, 11) is 1.66. The van der Waals surface area contributed by atoms with Crippen LogP contribution in [0.15, 0.2) is 30.9 Å². The van der Waals surface area contributed by atoms with Crippen LogP contribution in [0.1, 0.15) is 31.7 Å². The number of halogens is 1. The van der Waals surface area contributed by atoms with Gasteiger partial charge in [0.25, 0.3) is 0 Å². The second-order valence-electron chi connectivity index (χ2n) is 4.47. The molecule has 20 heavy (non-hydrogen) atoms. The molecule has 0 aromatic heterocycles. The number of nitrogens with one attached hydrogen (secondary N) is 1. The summed E-state index contributed by atoms with van der Waals surface area (Å²) in [4.78, 5) is 0. The molecule has 114 valence electrons. The molecule has 4 heteroatoms. The van der Waals surface area contributed by atoms with Crippen LogP contribution in [0.25, 0.3) is 0 Å². The number of hydrogen-bond donors (Lipinski definition) is 1. The summed E-state index contributed by atoms with van der Waals surface area (Å²) >= 11 is 0. The smallest absolute Gasteiger partial charge is 0.161 e. The molecule has 1 N–H and O–H groups in total. The second-order valence-corrected chi connectivity index (χ2v) is 4.47. The highest BCUT2D eigenvalue weighted by molar-refractivity contribution is 5.85. The zero-order chi connectivity index (χ0) is 13.9. The average molecular weight is 300 g/mol. The molecule has 1 aromatic carbocycles. The minimum Gasteiger partial charge on any atom is -0.493 e. The SMILES string of the molecule is C=CCOc1ccc(CNCCCCC)cc1OC.Cl. The van der Waals surface area contributed by atoms with E-state index in [0.717, 1.165) is 24.6 Å². The van der Waals surface area contributed by atoms with Crippen molar-refractivity contribution in [1.29, 1.82) is 0 Å². The first-order chi connectivity index (χ1) is 9.31. The van der Waals surface area contributed by atoms with Gasteiger partial charge in [-0.3, -0.25) is 0 Å². The van der Waals surface area contributed by atoms with Crippen molar-refractivity contribution in [1.82, 2.24) is 5.32 Å². The third-order valence-electron chi connectivity index (χ3n) is 2.87. The van der Waals surface area contributed by atoms with E-state index in [9.17, 15) is 0 Å². The van der Waals surface area contributed by atoms with E-state index in [1.165, 1.54) is 24.8 Å². The van der Waals surface area contributed by atoms with Gasteiger partial charge in [-0.05, 0) is 30.7 Å². The van der Waals surface area contributed by atoms with E-state index in [1.54, 1.807) is 13.2 Å². The molecule has 1 aromatic rings. The third-order valence-corrected chi connectivity index (χ3v) is 2.87. The van der Waals surface area contributed by atoms with Crippen LogP contribution in [0.4, 0.5) is 0 Å². The normalized spacial score (nSPS) is 9.70. The molecule has 1 rings (SSSR count). The lowest BCUT2D eigenvalue weighted by atomic mass is 10.2. The fourth-order valence-corrected chi connectivity index (χ4v) is 1.82. The van der Waals surface area contributed by atoms with E-state index < -0.39 is 0 Å². The molecule has 0 saturated carbocycles. The van der Waals surface area contributed by atoms with Crippen molar-refractivity contribution < 1.29 is 9.47 Å². The molecule has 0 aliphatic heterocycles. The lowest BCUT2D eigenvalue weighted by Crippen LogP contribution is -2.14. The molecule has 0 aliphatic carbocycles. The van der Waals surface area contributed by atoms with E-state index >= 15 is 0 Å². The van der Waals surface area contributed by atoms with Crippen LogP contribution in [0.2, 0.25) is 0 Å². The van der Waals surface area contributed by atoms with Gasteiger partial charge in [-0.25, -0.2) is 0 Å². The fraction of sp³-hybridized carbons (Fsp3) is 0.500. The molecule has 0 unspecified atom stereocenters. The average Bonchev–Trinajstić information content (AvgIpc) is 2.45. The Balaban J connectivity index is 0.00000361. The van der Waals surface area contributed by atoms with Crippen molar-refractivity contribution in [3.63, 3.8) is 0 Å². The van der Waals surface area contributed by atoms with Crippen molar-refractivity contribution in [2.45, 2.75) is 32.7 Å². The quantitative estimate of drug-likeness (QED) is 0.524. The summed E-state index contributed by atoms with van der Waals surface area (Å²) in [5, 5.41) is 3.44. The molecule has 0 fully saturated rings. The molecule has 0 heterocycles. The highest BCUT2D eigenvalue weighted by atomic mass is 35.5. The summed E-state index contributed by atoms with van der Waals surface area (Å²) in [6.07, 6.45) is 5.49.